The van der Waals surface area contributed by atoms with Crippen molar-refractivity contribution in [1.82, 2.24) is 0 Å². The van der Waals surface area contributed by atoms with E-state index in [0.29, 0.717) is 12.0 Å². The quantitative estimate of drug-likeness (QED) is 0.852. The van der Waals surface area contributed by atoms with Crippen LogP contribution in [0.5, 0.6) is 5.75 Å². The second kappa shape index (κ2) is 5.98. The van der Waals surface area contributed by atoms with Crippen molar-refractivity contribution < 1.29 is 4.74 Å². The van der Waals surface area contributed by atoms with Gasteiger partial charge in [-0.25, -0.2) is 0 Å². The molecule has 1 aliphatic rings. The highest BCUT2D eigenvalue weighted by atomic mass is 16.5. The van der Waals surface area contributed by atoms with Crippen molar-refractivity contribution in [2.75, 3.05) is 23.8 Å². The summed E-state index contributed by atoms with van der Waals surface area (Å²) in [5.41, 5.74) is 2.29. The molecule has 0 radical (unpaired) electrons. The minimum absolute atomic E-state index is 0.528. The molecule has 3 nitrogen and oxygen atoms in total. The van der Waals surface area contributed by atoms with Crippen molar-refractivity contribution in [1.29, 1.82) is 0 Å². The second-order valence-electron chi connectivity index (χ2n) is 5.24. The van der Waals surface area contributed by atoms with Crippen molar-refractivity contribution in [3.8, 4) is 5.75 Å². The van der Waals surface area contributed by atoms with E-state index in [9.17, 15) is 0 Å². The molecule has 0 amide bonds. The smallest absolute Gasteiger partial charge is 0.144 e. The summed E-state index contributed by atoms with van der Waals surface area (Å²) < 4.78 is 5.80. The van der Waals surface area contributed by atoms with Gasteiger partial charge in [0.15, 0.2) is 0 Å². The minimum Gasteiger partial charge on any atom is -0.491 e. The summed E-state index contributed by atoms with van der Waals surface area (Å²) >= 11 is 0. The Labute approximate surface area is 110 Å². The van der Waals surface area contributed by atoms with Gasteiger partial charge in [0, 0.05) is 12.6 Å². The van der Waals surface area contributed by atoms with Gasteiger partial charge in [-0.1, -0.05) is 26.8 Å². The van der Waals surface area contributed by atoms with E-state index >= 15 is 0 Å². The fourth-order valence-corrected chi connectivity index (χ4v) is 2.29. The van der Waals surface area contributed by atoms with Gasteiger partial charge in [-0.05, 0) is 30.9 Å². The van der Waals surface area contributed by atoms with Crippen molar-refractivity contribution in [3.63, 3.8) is 0 Å². The molecular formula is C15H24N2O. The number of fused-ring (bicyclic) bond motifs is 1. The first-order chi connectivity index (χ1) is 8.72. The summed E-state index contributed by atoms with van der Waals surface area (Å²) in [4.78, 5) is 0. The Kier molecular flexibility index (Phi) is 4.34. The molecule has 1 aliphatic heterocycles. The van der Waals surface area contributed by atoms with E-state index in [2.05, 4.69) is 43.5 Å². The van der Waals surface area contributed by atoms with E-state index in [1.54, 1.807) is 0 Å². The highest BCUT2D eigenvalue weighted by Crippen LogP contribution is 2.35. The third kappa shape index (κ3) is 2.89. The van der Waals surface area contributed by atoms with Crippen LogP contribution in [-0.4, -0.2) is 19.2 Å². The van der Waals surface area contributed by atoms with Gasteiger partial charge in [0.25, 0.3) is 0 Å². The highest BCUT2D eigenvalue weighted by Gasteiger charge is 2.20. The molecule has 100 valence electrons. The molecule has 0 aromatic heterocycles. The standard InChI is InChI=1S/C15H24N2O/c1-4-10-18-14-7-5-6-13-15(14)16-9-8-12(17-13)11(2)3/h5-7,11-12,16-17H,4,8-10H2,1-3H3. The monoisotopic (exact) mass is 248 g/mol. The van der Waals surface area contributed by atoms with Gasteiger partial charge in [0.1, 0.15) is 11.4 Å². The number of hydrogen-bond acceptors (Lipinski definition) is 3. The SMILES string of the molecule is CCCOc1cccc2c1NCCC(C(C)C)N2. The number of ether oxygens (including phenoxy) is 1. The van der Waals surface area contributed by atoms with Crippen LogP contribution in [0.3, 0.4) is 0 Å². The third-order valence-electron chi connectivity index (χ3n) is 3.39. The first-order valence-corrected chi connectivity index (χ1v) is 6.98. The molecule has 3 heteroatoms. The van der Waals surface area contributed by atoms with Crippen LogP contribution < -0.4 is 15.4 Å². The van der Waals surface area contributed by atoms with Crippen molar-refractivity contribution in [2.24, 2.45) is 5.92 Å². The van der Waals surface area contributed by atoms with Crippen molar-refractivity contribution >= 4 is 11.4 Å². The van der Waals surface area contributed by atoms with Crippen molar-refractivity contribution in [3.05, 3.63) is 18.2 Å². The Balaban J connectivity index is 2.21. The molecule has 0 fully saturated rings. The molecule has 1 unspecified atom stereocenters. The first-order valence-electron chi connectivity index (χ1n) is 6.98. The topological polar surface area (TPSA) is 33.3 Å². The molecule has 0 saturated heterocycles. The van der Waals surface area contributed by atoms with E-state index < -0.39 is 0 Å². The van der Waals surface area contributed by atoms with Gasteiger partial charge in [-0.2, -0.15) is 0 Å². The summed E-state index contributed by atoms with van der Waals surface area (Å²) in [7, 11) is 0. The lowest BCUT2D eigenvalue weighted by Crippen LogP contribution is -2.25. The molecule has 18 heavy (non-hydrogen) atoms. The van der Waals surface area contributed by atoms with Crippen LogP contribution in [0.1, 0.15) is 33.6 Å². The zero-order chi connectivity index (χ0) is 13.0. The molecule has 0 saturated carbocycles. The number of anilines is 2. The molecule has 0 spiro atoms. The van der Waals surface area contributed by atoms with Gasteiger partial charge in [-0.15, -0.1) is 0 Å². The highest BCUT2D eigenvalue weighted by molar-refractivity contribution is 5.76. The lowest BCUT2D eigenvalue weighted by atomic mass is 10.0. The summed E-state index contributed by atoms with van der Waals surface area (Å²) in [6, 6.07) is 6.75. The first kappa shape index (κ1) is 13.1. The minimum atomic E-state index is 0.528. The number of nitrogens with one attached hydrogen (secondary N) is 2. The van der Waals surface area contributed by atoms with Crippen LogP contribution in [0.15, 0.2) is 18.2 Å². The molecule has 0 aliphatic carbocycles. The molecule has 1 atom stereocenters. The van der Waals surface area contributed by atoms with Gasteiger partial charge >= 0.3 is 0 Å². The van der Waals surface area contributed by atoms with Gasteiger partial charge < -0.3 is 15.4 Å². The van der Waals surface area contributed by atoms with E-state index in [4.69, 9.17) is 4.74 Å². The van der Waals surface area contributed by atoms with Gasteiger partial charge in [0.2, 0.25) is 0 Å². The number of rotatable bonds is 4. The molecule has 1 heterocycles. The fraction of sp³-hybridized carbons (Fsp3) is 0.600. The lowest BCUT2D eigenvalue weighted by Gasteiger charge is -2.21. The Morgan fingerprint density at radius 2 is 2.22 bits per heavy atom. The summed E-state index contributed by atoms with van der Waals surface area (Å²) in [6.07, 6.45) is 2.17. The Morgan fingerprint density at radius 1 is 1.39 bits per heavy atom. The van der Waals surface area contributed by atoms with E-state index in [1.807, 2.05) is 6.07 Å². The fourth-order valence-electron chi connectivity index (χ4n) is 2.29. The normalized spacial score (nSPS) is 18.6. The van der Waals surface area contributed by atoms with Crippen LogP contribution in [0.4, 0.5) is 11.4 Å². The average molecular weight is 248 g/mol. The van der Waals surface area contributed by atoms with Crippen LogP contribution in [-0.2, 0) is 0 Å². The van der Waals surface area contributed by atoms with Gasteiger partial charge in [-0.3, -0.25) is 0 Å². The maximum Gasteiger partial charge on any atom is 0.144 e. The molecule has 1 aromatic rings. The van der Waals surface area contributed by atoms with Gasteiger partial charge in [0.05, 0.1) is 12.3 Å². The van der Waals surface area contributed by atoms with E-state index in [0.717, 1.165) is 37.4 Å². The Bertz CT molecular complexity index is 390. The molecular weight excluding hydrogens is 224 g/mol. The summed E-state index contributed by atoms with van der Waals surface area (Å²) in [5.74, 6) is 1.60. The number of para-hydroxylation sites is 1. The lowest BCUT2D eigenvalue weighted by molar-refractivity contribution is 0.319. The second-order valence-corrected chi connectivity index (χ2v) is 5.24. The predicted octanol–water partition coefficient (Wildman–Crippen LogP) is 3.73. The predicted molar refractivity (Wildman–Crippen MR) is 77.6 cm³/mol. The molecule has 2 N–H and O–H groups in total. The number of hydrogen-bond donors (Lipinski definition) is 2. The Morgan fingerprint density at radius 3 is 2.94 bits per heavy atom. The van der Waals surface area contributed by atoms with Crippen LogP contribution in [0.25, 0.3) is 0 Å². The number of benzene rings is 1. The third-order valence-corrected chi connectivity index (χ3v) is 3.39. The van der Waals surface area contributed by atoms with Crippen LogP contribution in [0.2, 0.25) is 0 Å². The maximum atomic E-state index is 5.80. The Hall–Kier alpha value is -1.38. The van der Waals surface area contributed by atoms with Crippen LogP contribution in [0, 0.1) is 5.92 Å². The molecule has 2 rings (SSSR count). The van der Waals surface area contributed by atoms with Crippen molar-refractivity contribution in [2.45, 2.75) is 39.7 Å². The largest absolute Gasteiger partial charge is 0.491 e. The van der Waals surface area contributed by atoms with E-state index in [-0.39, 0.29) is 0 Å². The zero-order valence-electron chi connectivity index (χ0n) is 11.6. The summed E-state index contributed by atoms with van der Waals surface area (Å²) in [6.45, 7) is 8.42. The zero-order valence-corrected chi connectivity index (χ0v) is 11.6. The summed E-state index contributed by atoms with van der Waals surface area (Å²) in [5, 5.41) is 7.13. The van der Waals surface area contributed by atoms with Crippen LogP contribution >= 0.6 is 0 Å². The molecule has 0 bridgehead atoms. The maximum absolute atomic E-state index is 5.80. The molecule has 1 aromatic carbocycles. The average Bonchev–Trinajstić information content (AvgIpc) is 2.58. The van der Waals surface area contributed by atoms with E-state index in [1.165, 1.54) is 5.69 Å².